The molecule has 0 saturated heterocycles. The molecule has 2 N–H and O–H groups in total. The van der Waals surface area contributed by atoms with Crippen LogP contribution in [0.15, 0.2) is 24.3 Å². The van der Waals surface area contributed by atoms with Gasteiger partial charge in [0.25, 0.3) is 20.2 Å². The van der Waals surface area contributed by atoms with Crippen LogP contribution in [-0.2, 0) is 20.2 Å². The van der Waals surface area contributed by atoms with Crippen LogP contribution in [0.3, 0.4) is 0 Å². The topological polar surface area (TPSA) is 112 Å². The molecular weight excluding hydrogens is 377 g/mol. The van der Waals surface area contributed by atoms with Crippen molar-refractivity contribution in [2.24, 2.45) is 0 Å². The summed E-state index contributed by atoms with van der Waals surface area (Å²) in [7, 11) is -7.89. The minimum absolute atomic E-state index is 0. The van der Waals surface area contributed by atoms with E-state index in [-0.39, 0.29) is 41.1 Å². The number of benzene rings is 1. The summed E-state index contributed by atoms with van der Waals surface area (Å²) < 4.78 is 60.6. The second kappa shape index (κ2) is 11.5. The van der Waals surface area contributed by atoms with Gasteiger partial charge >= 0.3 is 29.6 Å². The Bertz CT molecular complexity index is 681. The predicted molar refractivity (Wildman–Crippen MR) is 102 cm³/mol. The summed E-state index contributed by atoms with van der Waals surface area (Å²) >= 11 is 0. The molecule has 1 aromatic rings. The number of hydrogen-bond donors (Lipinski definition) is 2. The van der Waals surface area contributed by atoms with Gasteiger partial charge < -0.3 is 4.90 Å². The van der Waals surface area contributed by atoms with Gasteiger partial charge in [-0.3, -0.25) is 9.11 Å². The van der Waals surface area contributed by atoms with Gasteiger partial charge in [-0.15, -0.1) is 0 Å². The Morgan fingerprint density at radius 2 is 1.36 bits per heavy atom. The summed E-state index contributed by atoms with van der Waals surface area (Å²) in [4.78, 5) is 2.06. The van der Waals surface area contributed by atoms with Gasteiger partial charge in [0.2, 0.25) is 0 Å². The third-order valence-electron chi connectivity index (χ3n) is 3.53. The summed E-state index contributed by atoms with van der Waals surface area (Å²) in [6.45, 7) is 3.17. The van der Waals surface area contributed by atoms with Crippen LogP contribution in [0, 0.1) is 6.92 Å². The predicted octanol–water partition coefficient (Wildman–Crippen LogP) is 1.49. The van der Waals surface area contributed by atoms with Crippen LogP contribution < -0.4 is 4.90 Å². The molecule has 0 fully saturated rings. The molecule has 0 bridgehead atoms. The Labute approximate surface area is 172 Å². The normalized spacial score (nSPS) is 11.8. The Kier molecular flexibility index (Phi) is 11.5. The van der Waals surface area contributed by atoms with E-state index in [1.165, 1.54) is 0 Å². The fraction of sp³-hybridized carbons (Fsp3) is 0.600. The van der Waals surface area contributed by atoms with Crippen molar-refractivity contribution in [2.75, 3.05) is 29.5 Å². The second-order valence-electron chi connectivity index (χ2n) is 5.81. The van der Waals surface area contributed by atoms with Crippen LogP contribution in [0.5, 0.6) is 0 Å². The number of anilines is 1. The van der Waals surface area contributed by atoms with Crippen molar-refractivity contribution in [3.63, 3.8) is 0 Å². The van der Waals surface area contributed by atoms with E-state index in [0.29, 0.717) is 38.8 Å². The maximum absolute atomic E-state index is 10.8. The summed E-state index contributed by atoms with van der Waals surface area (Å²) in [5.41, 5.74) is 2.07. The summed E-state index contributed by atoms with van der Waals surface area (Å²) in [5.74, 6) is -0.533. The standard InChI is InChI=1S/C15H25NO6S2.Na.H/c1-14-7-6-8-15(13-14)16(9-2-4-11-23(17,18)19)10-3-5-12-24(20,21)22;;/h6-8,13H,2-5,9-12H2,1H3,(H,17,18,19)(H,20,21,22);;. The third kappa shape index (κ3) is 12.8. The van der Waals surface area contributed by atoms with Crippen molar-refractivity contribution in [2.45, 2.75) is 32.6 Å². The molecule has 0 saturated carbocycles. The van der Waals surface area contributed by atoms with Crippen LogP contribution in [0.2, 0.25) is 0 Å². The molecule has 0 aliphatic heterocycles. The first-order chi connectivity index (χ1) is 11.1. The molecule has 0 spiro atoms. The summed E-state index contributed by atoms with van der Waals surface area (Å²) in [6, 6.07) is 7.84. The molecule has 25 heavy (non-hydrogen) atoms. The van der Waals surface area contributed by atoms with Crippen LogP contribution in [-0.4, -0.2) is 80.1 Å². The number of aryl methyl sites for hydroxylation is 1. The van der Waals surface area contributed by atoms with Crippen molar-refractivity contribution < 1.29 is 25.9 Å². The van der Waals surface area contributed by atoms with Gasteiger partial charge in [-0.25, -0.2) is 0 Å². The Hall–Kier alpha value is -0.160. The fourth-order valence-corrected chi connectivity index (χ4v) is 3.51. The van der Waals surface area contributed by atoms with Crippen LogP contribution in [0.4, 0.5) is 5.69 Å². The Morgan fingerprint density at radius 1 is 0.880 bits per heavy atom. The number of rotatable bonds is 11. The first kappa shape index (κ1) is 24.8. The maximum atomic E-state index is 10.8. The molecule has 1 rings (SSSR count). The van der Waals surface area contributed by atoms with E-state index in [1.807, 2.05) is 31.2 Å². The molecule has 1 aromatic carbocycles. The van der Waals surface area contributed by atoms with Gasteiger partial charge in [0, 0.05) is 18.8 Å². The van der Waals surface area contributed by atoms with E-state index in [0.717, 1.165) is 11.3 Å². The van der Waals surface area contributed by atoms with Crippen molar-refractivity contribution in [1.82, 2.24) is 0 Å². The molecule has 0 aliphatic carbocycles. The molecular formula is C15H26NNaO6S2. The molecule has 0 aromatic heterocycles. The zero-order valence-corrected chi connectivity index (χ0v) is 15.4. The second-order valence-corrected chi connectivity index (χ2v) is 8.96. The number of nitrogens with zero attached hydrogens (tertiary/aromatic N) is 1. The first-order valence-corrected chi connectivity index (χ1v) is 11.0. The van der Waals surface area contributed by atoms with Gasteiger partial charge in [0.05, 0.1) is 11.5 Å². The van der Waals surface area contributed by atoms with E-state index in [9.17, 15) is 16.8 Å². The molecule has 0 atom stereocenters. The van der Waals surface area contributed by atoms with E-state index in [2.05, 4.69) is 4.90 Å². The number of unbranched alkanes of at least 4 members (excludes halogenated alkanes) is 2. The molecule has 10 heteroatoms. The van der Waals surface area contributed by atoms with E-state index in [4.69, 9.17) is 9.11 Å². The Balaban J connectivity index is 0.00000576. The fourth-order valence-electron chi connectivity index (χ4n) is 2.37. The Morgan fingerprint density at radius 3 is 1.76 bits per heavy atom. The van der Waals surface area contributed by atoms with E-state index >= 15 is 0 Å². The first-order valence-electron chi connectivity index (χ1n) is 7.79. The van der Waals surface area contributed by atoms with Crippen molar-refractivity contribution in [3.05, 3.63) is 29.8 Å². The van der Waals surface area contributed by atoms with E-state index < -0.39 is 20.2 Å². The molecule has 0 radical (unpaired) electrons. The monoisotopic (exact) mass is 403 g/mol. The van der Waals surface area contributed by atoms with Gasteiger partial charge in [-0.1, -0.05) is 12.1 Å². The average molecular weight is 403 g/mol. The molecule has 0 amide bonds. The van der Waals surface area contributed by atoms with Crippen LogP contribution in [0.1, 0.15) is 31.2 Å². The van der Waals surface area contributed by atoms with Gasteiger partial charge in [-0.2, -0.15) is 16.8 Å². The van der Waals surface area contributed by atoms with Crippen molar-refractivity contribution in [1.29, 1.82) is 0 Å². The van der Waals surface area contributed by atoms with Gasteiger partial charge in [-0.05, 0) is 50.3 Å². The third-order valence-corrected chi connectivity index (χ3v) is 5.14. The zero-order valence-electron chi connectivity index (χ0n) is 13.8. The molecule has 0 aliphatic rings. The number of hydrogen-bond acceptors (Lipinski definition) is 5. The van der Waals surface area contributed by atoms with Gasteiger partial charge in [0.1, 0.15) is 0 Å². The molecule has 0 unspecified atom stereocenters. The van der Waals surface area contributed by atoms with Crippen LogP contribution >= 0.6 is 0 Å². The average Bonchev–Trinajstić information content (AvgIpc) is 2.43. The van der Waals surface area contributed by atoms with Crippen molar-refractivity contribution >= 4 is 55.5 Å². The molecule has 0 heterocycles. The summed E-state index contributed by atoms with van der Waals surface area (Å²) in [6.07, 6.45) is 1.89. The van der Waals surface area contributed by atoms with Crippen LogP contribution in [0.25, 0.3) is 0 Å². The SMILES string of the molecule is Cc1cccc(N(CCCCS(=O)(=O)O)CCCCS(=O)(=O)O)c1.[NaH]. The minimum atomic E-state index is -3.94. The quantitative estimate of drug-likeness (QED) is 0.327. The van der Waals surface area contributed by atoms with E-state index in [1.54, 1.807) is 0 Å². The van der Waals surface area contributed by atoms with Crippen molar-refractivity contribution in [3.8, 4) is 0 Å². The molecule has 7 nitrogen and oxygen atoms in total. The van der Waals surface area contributed by atoms with Gasteiger partial charge in [0.15, 0.2) is 0 Å². The molecule has 140 valence electrons. The summed E-state index contributed by atoms with van der Waals surface area (Å²) in [5, 5.41) is 0. The zero-order chi connectivity index (χ0) is 18.2.